The minimum absolute atomic E-state index is 0.500. The van der Waals surface area contributed by atoms with Crippen molar-refractivity contribution < 1.29 is 5.11 Å². The Balaban J connectivity index is 2.22. The number of hydrogen-bond acceptors (Lipinski definition) is 2. The van der Waals surface area contributed by atoms with Crippen LogP contribution in [0, 0.1) is 0 Å². The molecule has 0 aliphatic carbocycles. The SMILES string of the molecule is CCc1cc(CC(O)c2cc(Br)ccc2Cl)n(C)n1. The highest BCUT2D eigenvalue weighted by atomic mass is 79.9. The number of benzene rings is 1. The summed E-state index contributed by atoms with van der Waals surface area (Å²) in [5, 5.41) is 15.3. The molecule has 0 aliphatic rings. The van der Waals surface area contributed by atoms with E-state index in [4.69, 9.17) is 11.6 Å². The van der Waals surface area contributed by atoms with Crippen molar-refractivity contribution in [3.05, 3.63) is 50.7 Å². The highest BCUT2D eigenvalue weighted by Crippen LogP contribution is 2.28. The van der Waals surface area contributed by atoms with Crippen LogP contribution in [-0.2, 0) is 19.9 Å². The lowest BCUT2D eigenvalue weighted by molar-refractivity contribution is 0.176. The molecule has 1 heterocycles. The number of aryl methyl sites for hydroxylation is 2. The van der Waals surface area contributed by atoms with E-state index in [1.807, 2.05) is 29.9 Å². The molecule has 1 atom stereocenters. The fraction of sp³-hybridized carbons (Fsp3) is 0.357. The van der Waals surface area contributed by atoms with E-state index in [9.17, 15) is 5.11 Å². The number of hydrogen-bond donors (Lipinski definition) is 1. The van der Waals surface area contributed by atoms with Crippen molar-refractivity contribution in [2.75, 3.05) is 0 Å². The van der Waals surface area contributed by atoms with E-state index in [-0.39, 0.29) is 0 Å². The van der Waals surface area contributed by atoms with Crippen LogP contribution < -0.4 is 0 Å². The van der Waals surface area contributed by atoms with Crippen LogP contribution in [0.3, 0.4) is 0 Å². The topological polar surface area (TPSA) is 38.0 Å². The van der Waals surface area contributed by atoms with Gasteiger partial charge in [0.2, 0.25) is 0 Å². The van der Waals surface area contributed by atoms with Crippen molar-refractivity contribution in [2.24, 2.45) is 7.05 Å². The summed E-state index contributed by atoms with van der Waals surface area (Å²) in [6, 6.07) is 7.52. The molecule has 19 heavy (non-hydrogen) atoms. The number of halogens is 2. The summed E-state index contributed by atoms with van der Waals surface area (Å²) >= 11 is 9.52. The normalized spacial score (nSPS) is 12.7. The summed E-state index contributed by atoms with van der Waals surface area (Å²) in [7, 11) is 1.89. The Bertz CT molecular complexity index is 583. The van der Waals surface area contributed by atoms with Crippen LogP contribution in [-0.4, -0.2) is 14.9 Å². The Morgan fingerprint density at radius 2 is 2.16 bits per heavy atom. The highest BCUT2D eigenvalue weighted by Gasteiger charge is 2.15. The third-order valence-electron chi connectivity index (χ3n) is 3.11. The van der Waals surface area contributed by atoms with Crippen molar-refractivity contribution >= 4 is 27.5 Å². The summed E-state index contributed by atoms with van der Waals surface area (Å²) in [5.74, 6) is 0. The first kappa shape index (κ1) is 14.6. The molecule has 3 nitrogen and oxygen atoms in total. The third-order valence-corrected chi connectivity index (χ3v) is 3.95. The third kappa shape index (κ3) is 3.38. The first-order chi connectivity index (χ1) is 9.01. The van der Waals surface area contributed by atoms with Crippen molar-refractivity contribution in [1.82, 2.24) is 9.78 Å². The largest absolute Gasteiger partial charge is 0.388 e. The maximum Gasteiger partial charge on any atom is 0.0860 e. The van der Waals surface area contributed by atoms with Crippen LogP contribution in [0.5, 0.6) is 0 Å². The first-order valence-electron chi connectivity index (χ1n) is 6.16. The van der Waals surface area contributed by atoms with Crippen LogP contribution in [0.15, 0.2) is 28.7 Å². The molecule has 0 saturated heterocycles. The molecule has 5 heteroatoms. The van der Waals surface area contributed by atoms with Gasteiger partial charge in [0.1, 0.15) is 0 Å². The average molecular weight is 344 g/mol. The minimum Gasteiger partial charge on any atom is -0.388 e. The van der Waals surface area contributed by atoms with E-state index in [0.717, 1.165) is 27.8 Å². The molecule has 0 bridgehead atoms. The zero-order valence-corrected chi connectivity index (χ0v) is 13.2. The van der Waals surface area contributed by atoms with Crippen molar-refractivity contribution in [1.29, 1.82) is 0 Å². The van der Waals surface area contributed by atoms with Gasteiger partial charge < -0.3 is 5.11 Å². The Morgan fingerprint density at radius 3 is 2.79 bits per heavy atom. The molecule has 1 aromatic carbocycles. The van der Waals surface area contributed by atoms with E-state index >= 15 is 0 Å². The zero-order valence-electron chi connectivity index (χ0n) is 10.9. The summed E-state index contributed by atoms with van der Waals surface area (Å²) in [4.78, 5) is 0. The second-order valence-electron chi connectivity index (χ2n) is 4.49. The number of rotatable bonds is 4. The van der Waals surface area contributed by atoms with Crippen molar-refractivity contribution in [2.45, 2.75) is 25.9 Å². The van der Waals surface area contributed by atoms with E-state index < -0.39 is 6.10 Å². The minimum atomic E-state index is -0.634. The molecule has 0 fully saturated rings. The number of aliphatic hydroxyl groups is 1. The smallest absolute Gasteiger partial charge is 0.0860 e. The summed E-state index contributed by atoms with van der Waals surface area (Å²) < 4.78 is 2.72. The molecule has 102 valence electrons. The van der Waals surface area contributed by atoms with Crippen LogP contribution in [0.2, 0.25) is 5.02 Å². The van der Waals surface area contributed by atoms with Gasteiger partial charge in [0.05, 0.1) is 11.8 Å². The molecule has 0 spiro atoms. The Labute approximate surface area is 126 Å². The van der Waals surface area contributed by atoms with Crippen LogP contribution >= 0.6 is 27.5 Å². The molecular formula is C14H16BrClN2O. The van der Waals surface area contributed by atoms with E-state index in [1.165, 1.54) is 0 Å². The number of nitrogens with zero attached hydrogens (tertiary/aromatic N) is 2. The van der Waals surface area contributed by atoms with E-state index in [2.05, 4.69) is 28.0 Å². The van der Waals surface area contributed by atoms with Gasteiger partial charge in [-0.15, -0.1) is 0 Å². The summed E-state index contributed by atoms with van der Waals surface area (Å²) in [5.41, 5.74) is 2.76. The lowest BCUT2D eigenvalue weighted by atomic mass is 10.0. The molecule has 1 N–H and O–H groups in total. The molecule has 1 aromatic heterocycles. The Hall–Kier alpha value is -0.840. The molecular weight excluding hydrogens is 328 g/mol. The standard InChI is InChI=1S/C14H16BrClN2O/c1-3-10-7-11(18(2)17-10)8-14(19)12-6-9(15)4-5-13(12)16/h4-7,14,19H,3,8H2,1-2H3. The average Bonchev–Trinajstić information content (AvgIpc) is 2.73. The van der Waals surface area contributed by atoms with Gasteiger partial charge >= 0.3 is 0 Å². The summed E-state index contributed by atoms with van der Waals surface area (Å²) in [6.45, 7) is 2.06. The predicted molar refractivity (Wildman–Crippen MR) is 80.4 cm³/mol. The lowest BCUT2D eigenvalue weighted by Crippen LogP contribution is -2.07. The second-order valence-corrected chi connectivity index (χ2v) is 5.81. The molecule has 0 amide bonds. The van der Waals surface area contributed by atoms with Crippen molar-refractivity contribution in [3.63, 3.8) is 0 Å². The van der Waals surface area contributed by atoms with E-state index in [0.29, 0.717) is 11.4 Å². The van der Waals surface area contributed by atoms with Gasteiger partial charge in [-0.1, -0.05) is 34.5 Å². The number of aliphatic hydroxyl groups excluding tert-OH is 1. The van der Waals surface area contributed by atoms with E-state index in [1.54, 1.807) is 6.07 Å². The van der Waals surface area contributed by atoms with Gasteiger partial charge in [0.15, 0.2) is 0 Å². The Kier molecular flexibility index (Phi) is 4.66. The maximum absolute atomic E-state index is 10.3. The lowest BCUT2D eigenvalue weighted by Gasteiger charge is -2.13. The zero-order chi connectivity index (χ0) is 14.0. The molecule has 2 rings (SSSR count). The van der Waals surface area contributed by atoms with Gasteiger partial charge in [0, 0.05) is 34.2 Å². The van der Waals surface area contributed by atoms with Crippen LogP contribution in [0.4, 0.5) is 0 Å². The van der Waals surface area contributed by atoms with Gasteiger partial charge in [0.25, 0.3) is 0 Å². The molecule has 2 aromatic rings. The predicted octanol–water partition coefficient (Wildman–Crippen LogP) is 3.67. The maximum atomic E-state index is 10.3. The quantitative estimate of drug-likeness (QED) is 0.919. The van der Waals surface area contributed by atoms with Crippen LogP contribution in [0.25, 0.3) is 0 Å². The second kappa shape index (κ2) is 6.07. The first-order valence-corrected chi connectivity index (χ1v) is 7.33. The molecule has 0 aliphatic heterocycles. The van der Waals surface area contributed by atoms with Gasteiger partial charge in [-0.3, -0.25) is 4.68 Å². The van der Waals surface area contributed by atoms with Gasteiger partial charge in [-0.25, -0.2) is 0 Å². The number of aromatic nitrogens is 2. The van der Waals surface area contributed by atoms with Gasteiger partial charge in [-0.2, -0.15) is 5.10 Å². The fourth-order valence-electron chi connectivity index (χ4n) is 2.01. The monoisotopic (exact) mass is 342 g/mol. The van der Waals surface area contributed by atoms with Gasteiger partial charge in [-0.05, 0) is 30.7 Å². The summed E-state index contributed by atoms with van der Waals surface area (Å²) in [6.07, 6.45) is 0.756. The highest BCUT2D eigenvalue weighted by molar-refractivity contribution is 9.10. The van der Waals surface area contributed by atoms with Crippen LogP contribution in [0.1, 0.15) is 30.0 Å². The Morgan fingerprint density at radius 1 is 1.42 bits per heavy atom. The molecule has 1 unspecified atom stereocenters. The molecule has 0 saturated carbocycles. The fourth-order valence-corrected chi connectivity index (χ4v) is 2.64. The van der Waals surface area contributed by atoms with Crippen molar-refractivity contribution in [3.8, 4) is 0 Å². The molecule has 0 radical (unpaired) electrons.